The summed E-state index contributed by atoms with van der Waals surface area (Å²) in [5, 5.41) is 0.756. The topological polar surface area (TPSA) is 67.0 Å². The number of anilines is 1. The van der Waals surface area contributed by atoms with Gasteiger partial charge in [0.05, 0.1) is 13.7 Å². The van der Waals surface area contributed by atoms with Crippen LogP contribution >= 0.6 is 11.6 Å². The Balaban J connectivity index is 1.55. The number of aliphatic imine (C=N–C) groups is 1. The lowest BCUT2D eigenvalue weighted by atomic mass is 10.2. The summed E-state index contributed by atoms with van der Waals surface area (Å²) < 4.78 is 5.12. The van der Waals surface area contributed by atoms with E-state index >= 15 is 0 Å². The molecule has 0 radical (unpaired) electrons. The Bertz CT molecular complexity index is 727. The van der Waals surface area contributed by atoms with E-state index in [0.29, 0.717) is 18.4 Å². The monoisotopic (exact) mass is 359 g/mol. The maximum absolute atomic E-state index is 6.16. The van der Waals surface area contributed by atoms with Crippen LogP contribution in [0.5, 0.6) is 5.88 Å². The van der Waals surface area contributed by atoms with Gasteiger partial charge in [0.25, 0.3) is 0 Å². The smallest absolute Gasteiger partial charge is 0.213 e. The van der Waals surface area contributed by atoms with Crippen LogP contribution in [0.15, 0.2) is 47.6 Å². The van der Waals surface area contributed by atoms with Crippen molar-refractivity contribution in [1.82, 2.24) is 9.88 Å². The quantitative estimate of drug-likeness (QED) is 0.670. The second-order valence-electron chi connectivity index (χ2n) is 5.83. The lowest BCUT2D eigenvalue weighted by Gasteiger charge is -2.36. The number of piperazine rings is 1. The molecule has 1 aromatic carbocycles. The molecule has 2 N–H and O–H groups in total. The minimum Gasteiger partial charge on any atom is -0.481 e. The second kappa shape index (κ2) is 8.07. The van der Waals surface area contributed by atoms with Gasteiger partial charge in [0.1, 0.15) is 0 Å². The average Bonchev–Trinajstić information content (AvgIpc) is 2.67. The number of ether oxygens (including phenoxy) is 1. The number of hydrogen-bond donors (Lipinski definition) is 1. The zero-order chi connectivity index (χ0) is 17.6. The van der Waals surface area contributed by atoms with E-state index in [0.717, 1.165) is 36.8 Å². The van der Waals surface area contributed by atoms with E-state index < -0.39 is 0 Å². The summed E-state index contributed by atoms with van der Waals surface area (Å²) in [5.41, 5.74) is 8.37. The molecule has 25 heavy (non-hydrogen) atoms. The standard InChI is InChI=1S/C18H22ClN5O/c1-25-17-12-14(6-7-21-17)13-22-18(20)24-10-8-23(9-11-24)16-4-2-15(19)3-5-16/h2-7,12H,8-11,13H2,1H3,(H2,20,22). The Morgan fingerprint density at radius 1 is 1.20 bits per heavy atom. The third kappa shape index (κ3) is 4.54. The zero-order valence-electron chi connectivity index (χ0n) is 14.2. The van der Waals surface area contributed by atoms with Crippen molar-refractivity contribution < 1.29 is 4.74 Å². The number of guanidine groups is 1. The predicted octanol–water partition coefficient (Wildman–Crippen LogP) is 2.38. The van der Waals surface area contributed by atoms with Crippen LogP contribution in [0.3, 0.4) is 0 Å². The van der Waals surface area contributed by atoms with Crippen molar-refractivity contribution in [3.05, 3.63) is 53.2 Å². The fourth-order valence-electron chi connectivity index (χ4n) is 2.78. The number of nitrogens with two attached hydrogens (primary N) is 1. The summed E-state index contributed by atoms with van der Waals surface area (Å²) in [7, 11) is 1.60. The Morgan fingerprint density at radius 3 is 2.60 bits per heavy atom. The summed E-state index contributed by atoms with van der Waals surface area (Å²) in [5.74, 6) is 1.16. The number of rotatable bonds is 4. The van der Waals surface area contributed by atoms with Gasteiger partial charge in [0.15, 0.2) is 5.96 Å². The molecule has 0 bridgehead atoms. The van der Waals surface area contributed by atoms with Crippen LogP contribution in [0.2, 0.25) is 5.02 Å². The first-order valence-corrected chi connectivity index (χ1v) is 8.58. The van der Waals surface area contributed by atoms with Crippen LogP contribution in [0.1, 0.15) is 5.56 Å². The lowest BCUT2D eigenvalue weighted by Crippen LogP contribution is -2.51. The maximum Gasteiger partial charge on any atom is 0.213 e. The summed E-state index contributed by atoms with van der Waals surface area (Å²) in [6.45, 7) is 4.01. The molecule has 1 aliphatic heterocycles. The van der Waals surface area contributed by atoms with Gasteiger partial charge in [-0.15, -0.1) is 0 Å². The van der Waals surface area contributed by atoms with Crippen molar-refractivity contribution in [3.63, 3.8) is 0 Å². The first kappa shape index (κ1) is 17.4. The molecule has 0 aliphatic carbocycles. The molecule has 1 saturated heterocycles. The summed E-state index contributed by atoms with van der Waals surface area (Å²) >= 11 is 5.95. The molecule has 3 rings (SSSR count). The normalized spacial score (nSPS) is 15.4. The van der Waals surface area contributed by atoms with Crippen LogP contribution in [0.25, 0.3) is 0 Å². The molecule has 1 fully saturated rings. The van der Waals surface area contributed by atoms with Gasteiger partial charge in [-0.1, -0.05) is 11.6 Å². The molecular formula is C18H22ClN5O. The van der Waals surface area contributed by atoms with Crippen molar-refractivity contribution in [3.8, 4) is 5.88 Å². The summed E-state index contributed by atoms with van der Waals surface area (Å²) in [6, 6.07) is 11.7. The van der Waals surface area contributed by atoms with Crippen molar-refractivity contribution in [1.29, 1.82) is 0 Å². The minimum atomic E-state index is 0.516. The van der Waals surface area contributed by atoms with Gasteiger partial charge in [0.2, 0.25) is 5.88 Å². The van der Waals surface area contributed by atoms with E-state index in [1.54, 1.807) is 13.3 Å². The molecule has 0 spiro atoms. The van der Waals surface area contributed by atoms with E-state index in [-0.39, 0.29) is 0 Å². The van der Waals surface area contributed by atoms with E-state index in [9.17, 15) is 0 Å². The molecule has 132 valence electrons. The van der Waals surface area contributed by atoms with E-state index in [1.807, 2.05) is 36.4 Å². The van der Waals surface area contributed by atoms with Crippen LogP contribution in [-0.2, 0) is 6.54 Å². The molecule has 6 nitrogen and oxygen atoms in total. The fraction of sp³-hybridized carbons (Fsp3) is 0.333. The highest BCUT2D eigenvalue weighted by Crippen LogP contribution is 2.19. The van der Waals surface area contributed by atoms with E-state index in [4.69, 9.17) is 22.1 Å². The highest BCUT2D eigenvalue weighted by molar-refractivity contribution is 6.30. The number of halogens is 1. The van der Waals surface area contributed by atoms with Gasteiger partial charge in [-0.3, -0.25) is 0 Å². The third-order valence-corrected chi connectivity index (χ3v) is 4.48. The molecule has 2 heterocycles. The molecule has 1 aliphatic rings. The number of pyridine rings is 1. The van der Waals surface area contributed by atoms with Gasteiger partial charge in [-0.05, 0) is 35.9 Å². The van der Waals surface area contributed by atoms with Crippen molar-refractivity contribution in [2.45, 2.75) is 6.54 Å². The number of nitrogens with zero attached hydrogens (tertiary/aromatic N) is 4. The Kier molecular flexibility index (Phi) is 5.60. The minimum absolute atomic E-state index is 0.516. The number of benzene rings is 1. The molecule has 7 heteroatoms. The van der Waals surface area contributed by atoms with E-state index in [2.05, 4.69) is 19.8 Å². The van der Waals surface area contributed by atoms with Crippen LogP contribution in [0.4, 0.5) is 5.69 Å². The first-order valence-electron chi connectivity index (χ1n) is 8.20. The van der Waals surface area contributed by atoms with Crippen molar-refractivity contribution in [2.75, 3.05) is 38.2 Å². The fourth-order valence-corrected chi connectivity index (χ4v) is 2.90. The molecule has 0 unspecified atom stereocenters. The number of hydrogen-bond acceptors (Lipinski definition) is 4. The molecule has 0 atom stereocenters. The van der Waals surface area contributed by atoms with Gasteiger partial charge >= 0.3 is 0 Å². The first-order chi connectivity index (χ1) is 12.2. The van der Waals surface area contributed by atoms with Gasteiger partial charge in [-0.25, -0.2) is 9.98 Å². The maximum atomic E-state index is 6.16. The highest BCUT2D eigenvalue weighted by Gasteiger charge is 2.18. The largest absolute Gasteiger partial charge is 0.481 e. The van der Waals surface area contributed by atoms with Crippen LogP contribution < -0.4 is 15.4 Å². The van der Waals surface area contributed by atoms with Gasteiger partial charge in [-0.2, -0.15) is 0 Å². The Labute approximate surface area is 152 Å². The molecule has 0 amide bonds. The molecule has 0 saturated carbocycles. The summed E-state index contributed by atoms with van der Waals surface area (Å²) in [4.78, 5) is 13.0. The Hall–Kier alpha value is -2.47. The predicted molar refractivity (Wildman–Crippen MR) is 101 cm³/mol. The van der Waals surface area contributed by atoms with Gasteiger partial charge < -0.3 is 20.3 Å². The second-order valence-corrected chi connectivity index (χ2v) is 6.27. The van der Waals surface area contributed by atoms with Crippen LogP contribution in [0, 0.1) is 0 Å². The molecule has 2 aromatic rings. The molecule has 1 aromatic heterocycles. The lowest BCUT2D eigenvalue weighted by molar-refractivity contribution is 0.380. The Morgan fingerprint density at radius 2 is 1.92 bits per heavy atom. The van der Waals surface area contributed by atoms with Crippen LogP contribution in [-0.4, -0.2) is 49.1 Å². The van der Waals surface area contributed by atoms with Crippen molar-refractivity contribution >= 4 is 23.2 Å². The average molecular weight is 360 g/mol. The third-order valence-electron chi connectivity index (χ3n) is 4.23. The molecular weight excluding hydrogens is 338 g/mol. The van der Waals surface area contributed by atoms with E-state index in [1.165, 1.54) is 5.69 Å². The van der Waals surface area contributed by atoms with Crippen molar-refractivity contribution in [2.24, 2.45) is 10.7 Å². The summed E-state index contributed by atoms with van der Waals surface area (Å²) in [6.07, 6.45) is 1.71. The van der Waals surface area contributed by atoms with Gasteiger partial charge in [0, 0.05) is 49.2 Å². The number of aromatic nitrogens is 1. The number of methoxy groups -OCH3 is 1. The highest BCUT2D eigenvalue weighted by atomic mass is 35.5. The SMILES string of the molecule is COc1cc(CN=C(N)N2CCN(c3ccc(Cl)cc3)CC2)ccn1. The zero-order valence-corrected chi connectivity index (χ0v) is 15.0.